The molecule has 2 aromatic heterocycles. The van der Waals surface area contributed by atoms with Crippen LogP contribution in [0.1, 0.15) is 150 Å². The molecule has 7 aliphatic heterocycles. The Morgan fingerprint density at radius 1 is 0.420 bits per heavy atom. The van der Waals surface area contributed by atoms with Gasteiger partial charge in [-0.25, -0.2) is 33.9 Å². The Bertz CT molecular complexity index is 5990. The van der Waals surface area contributed by atoms with Crippen LogP contribution in [0.25, 0.3) is 77.5 Å². The van der Waals surface area contributed by atoms with E-state index in [-0.39, 0.29) is 60.8 Å². The number of likely N-dealkylation sites (tertiary alicyclic amines) is 3. The summed E-state index contributed by atoms with van der Waals surface area (Å²) in [7, 11) is 5.04. The van der Waals surface area contributed by atoms with Gasteiger partial charge in [0.25, 0.3) is 5.91 Å². The van der Waals surface area contributed by atoms with Gasteiger partial charge in [0.15, 0.2) is 17.6 Å². The first kappa shape index (κ1) is 90.7. The zero-order chi connectivity index (χ0) is 91.6. The van der Waals surface area contributed by atoms with E-state index in [1.165, 1.54) is 64.9 Å². The molecule has 30 heteroatoms. The molecule has 5 saturated heterocycles. The van der Waals surface area contributed by atoms with Crippen LogP contribution in [0, 0.1) is 11.8 Å². The third kappa shape index (κ3) is 20.3. The number of H-pyrrole nitrogens is 2. The lowest BCUT2D eigenvalue weighted by molar-refractivity contribution is -0.153. The molecule has 30 nitrogen and oxygen atoms in total. The normalized spacial score (nSPS) is 19.3. The van der Waals surface area contributed by atoms with Crippen molar-refractivity contribution in [2.24, 2.45) is 21.8 Å². The number of alkyl carbamates (subject to hydrolysis) is 4. The zero-order valence-corrected chi connectivity index (χ0v) is 74.5. The largest absolute Gasteiger partial charge is 0.479 e. The minimum Gasteiger partial charge on any atom is -0.479 e. The number of carboxylic acid groups (broad SMARTS) is 1. The third-order valence-corrected chi connectivity index (χ3v) is 25.8. The van der Waals surface area contributed by atoms with Gasteiger partial charge in [0.05, 0.1) is 110 Å². The van der Waals surface area contributed by atoms with E-state index in [2.05, 4.69) is 157 Å². The van der Waals surface area contributed by atoms with Crippen molar-refractivity contribution in [2.45, 2.75) is 152 Å². The standard InChI is InChI=1S/C50H53N7O8.C41H45N5O5.C10H11NO4/c1-30(2)43(54-48(60)62-3)46(58)57-29-50(64-21-22-65-50)26-42(57)39-25-38(27-51-39)32-14-12-31(13-15-32)34-16-17-36-24-37(19-18-35(36)23-34)40-28-52-45(53-40)41-11-8-20-56(41)47(59)44(55-49(61)63-4)33-9-6-5-7-10-33;1-25(2)37(45-40(48)49-3)39(47)46-24-41(50-16-17-51-41)21-36(46)34-20-33(22-42-34)27-10-8-26(9-11-27)29-12-13-31-19-32(15-14-30(31)18-29)35-23-43-38(44-35)28-6-4-5-7-28;1-15-10(14)11-8(9(12)13)7-5-3-2-4-6-7/h5-7,9-10,12-19,23-24,27-28,30,41-44H,8,11,20-22,25-26,29H2,1-4H3,(H,52,53)(H,54,60)(H,55,61);8-15,18-19,22-23,25,28,36-37H,4-7,16-17,20-21,24H2,1-3H3,(H,43,44)(H,45,48);2-6,8H,1H3,(H,11,14)(H,12,13)/t41-,42-,43-,44+;36-,37-;8-/m001/s1. The average molecular weight is 1780 g/mol. The van der Waals surface area contributed by atoms with Gasteiger partial charge < -0.3 is 88.9 Å². The van der Waals surface area contributed by atoms with Crippen LogP contribution in [0.3, 0.4) is 0 Å². The van der Waals surface area contributed by atoms with Gasteiger partial charge in [-0.15, -0.1) is 0 Å². The second-order valence-electron chi connectivity index (χ2n) is 34.7. The summed E-state index contributed by atoms with van der Waals surface area (Å²) in [6, 6.07) is 56.2. The maximum Gasteiger partial charge on any atom is 0.407 e. The van der Waals surface area contributed by atoms with Crippen molar-refractivity contribution in [1.29, 1.82) is 0 Å². The smallest absolute Gasteiger partial charge is 0.407 e. The monoisotopic (exact) mass is 1780 g/mol. The van der Waals surface area contributed by atoms with E-state index >= 15 is 0 Å². The number of hydrogen-bond donors (Lipinski definition) is 7. The molecule has 0 unspecified atom stereocenters. The molecule has 18 rings (SSSR count). The lowest BCUT2D eigenvalue weighted by atomic mass is 9.95. The van der Waals surface area contributed by atoms with Gasteiger partial charge in [-0.3, -0.25) is 24.4 Å². The minimum absolute atomic E-state index is 0.145. The average Bonchev–Trinajstić information content (AvgIpc) is 1.62. The number of imidazole rings is 2. The van der Waals surface area contributed by atoms with Crippen LogP contribution in [-0.4, -0.2) is 209 Å². The van der Waals surface area contributed by atoms with Crippen molar-refractivity contribution in [2.75, 3.05) is 74.5 Å². The highest BCUT2D eigenvalue weighted by Crippen LogP contribution is 2.44. The number of aliphatic carboxylic acids is 1. The number of methoxy groups -OCH3 is 4. The fourth-order valence-corrected chi connectivity index (χ4v) is 18.7. The molecule has 7 N–H and O–H groups in total. The molecule has 6 fully saturated rings. The van der Waals surface area contributed by atoms with Crippen LogP contribution in [0.2, 0.25) is 0 Å². The van der Waals surface area contributed by atoms with Gasteiger partial charge in [-0.05, 0) is 139 Å². The van der Waals surface area contributed by atoms with Gasteiger partial charge in [-0.1, -0.05) is 198 Å². The van der Waals surface area contributed by atoms with E-state index < -0.39 is 66.1 Å². The summed E-state index contributed by atoms with van der Waals surface area (Å²) in [5.41, 5.74) is 15.7. The predicted molar refractivity (Wildman–Crippen MR) is 494 cm³/mol. The number of carbonyl (C=O) groups is 8. The molecule has 1 saturated carbocycles. The number of hydrogen-bond acceptors (Lipinski definition) is 20. The number of ether oxygens (including phenoxy) is 8. The SMILES string of the molecule is COC(=O)N[C@@H](C(=O)O)c1ccccc1.COC(=O)N[C@H](C(=O)N1CC2(C[C@H]1C1=NC=C(c3ccc(-c4ccc5cc(-c6cnc(C7CCCC7)[nH]6)ccc5c4)cc3)C1)OCCO2)C(C)C.COC(=O)N[C@H](C(=O)N1CC2(C[C@H]1C1=NC=C(c3ccc(-c4ccc5cc(-c6cnc([C@@H]7CCCN7C(=O)[C@H](NC(=O)OC)c7ccccc7)[nH]6)ccc5c4)cc3)C1)OCCO2)C(C)C. The Hall–Kier alpha value is -13.7. The molecule has 8 aromatic carbocycles. The maximum absolute atomic E-state index is 14.0. The van der Waals surface area contributed by atoms with Gasteiger partial charge >= 0.3 is 30.3 Å². The lowest BCUT2D eigenvalue weighted by Gasteiger charge is -2.31. The number of nitrogens with one attached hydrogen (secondary N) is 6. The maximum atomic E-state index is 14.0. The van der Waals surface area contributed by atoms with Crippen molar-refractivity contribution >= 4 is 92.2 Å². The summed E-state index contributed by atoms with van der Waals surface area (Å²) >= 11 is 0. The number of amides is 7. The molecule has 680 valence electrons. The highest BCUT2D eigenvalue weighted by Gasteiger charge is 2.55. The molecule has 2 spiro atoms. The Morgan fingerprint density at radius 2 is 0.794 bits per heavy atom. The number of rotatable bonds is 22. The van der Waals surface area contributed by atoms with E-state index in [0.717, 1.165) is 108 Å². The molecule has 10 aromatic rings. The van der Waals surface area contributed by atoms with Gasteiger partial charge in [-0.2, -0.15) is 0 Å². The highest BCUT2D eigenvalue weighted by molar-refractivity contribution is 6.06. The topological polar surface area (TPSA) is 371 Å². The second-order valence-corrected chi connectivity index (χ2v) is 34.7. The summed E-state index contributed by atoms with van der Waals surface area (Å²) in [5, 5.41) is 23.8. The molecule has 0 radical (unpaired) electrons. The molecule has 9 heterocycles. The fraction of sp³-hybridized carbons (Fsp3) is 0.366. The van der Waals surface area contributed by atoms with Gasteiger partial charge in [0, 0.05) is 73.1 Å². The Labute approximate surface area is 759 Å². The number of aromatic nitrogens is 4. The van der Waals surface area contributed by atoms with Crippen molar-refractivity contribution < 1.29 is 81.4 Å². The molecular weight excluding hydrogens is 1670 g/mol. The number of carbonyl (C=O) groups excluding carboxylic acids is 7. The van der Waals surface area contributed by atoms with E-state index in [1.54, 1.807) is 45.0 Å². The van der Waals surface area contributed by atoms with Gasteiger partial charge in [0.1, 0.15) is 29.8 Å². The van der Waals surface area contributed by atoms with Crippen molar-refractivity contribution in [3.05, 3.63) is 241 Å². The Balaban J connectivity index is 0.000000168. The van der Waals surface area contributed by atoms with Crippen LogP contribution in [0.5, 0.6) is 0 Å². The van der Waals surface area contributed by atoms with Crippen LogP contribution in [0.4, 0.5) is 19.2 Å². The zero-order valence-electron chi connectivity index (χ0n) is 74.5. The lowest BCUT2D eigenvalue weighted by Crippen LogP contribution is -2.54. The molecular formula is C101H109N13O17. The van der Waals surface area contributed by atoms with Crippen LogP contribution in [0.15, 0.2) is 217 Å². The summed E-state index contributed by atoms with van der Waals surface area (Å²) in [6.45, 7) is 10.5. The highest BCUT2D eigenvalue weighted by atomic mass is 16.7. The summed E-state index contributed by atoms with van der Waals surface area (Å²) in [6.07, 6.45) is 13.6. The van der Waals surface area contributed by atoms with E-state index in [1.807, 2.05) is 82.8 Å². The number of nitrogens with zero attached hydrogens (tertiary/aromatic N) is 7. The number of aliphatic imine (C=N–C) groups is 2. The molecule has 0 bridgehead atoms. The van der Waals surface area contributed by atoms with Crippen LogP contribution >= 0.6 is 0 Å². The van der Waals surface area contributed by atoms with Crippen LogP contribution < -0.4 is 21.3 Å². The molecule has 7 atom stereocenters. The fourth-order valence-electron chi connectivity index (χ4n) is 18.7. The predicted octanol–water partition coefficient (Wildman–Crippen LogP) is 16.2. The first-order chi connectivity index (χ1) is 63.5. The van der Waals surface area contributed by atoms with Crippen LogP contribution in [-0.2, 0) is 57.1 Å². The van der Waals surface area contributed by atoms with E-state index in [4.69, 9.17) is 58.2 Å². The van der Waals surface area contributed by atoms with Crippen molar-refractivity contribution in [3.8, 4) is 44.8 Å². The van der Waals surface area contributed by atoms with E-state index in [0.29, 0.717) is 81.5 Å². The number of fused-ring (bicyclic) bond motifs is 2. The van der Waals surface area contributed by atoms with E-state index in [9.17, 15) is 38.4 Å². The molecule has 7 amide bonds. The first-order valence-electron chi connectivity index (χ1n) is 44.6. The minimum atomic E-state index is -1.13. The first-order valence-corrected chi connectivity index (χ1v) is 44.6. The summed E-state index contributed by atoms with van der Waals surface area (Å²) in [4.78, 5) is 132. The third-order valence-electron chi connectivity index (χ3n) is 25.8. The van der Waals surface area contributed by atoms with Gasteiger partial charge in [0.2, 0.25) is 11.8 Å². The van der Waals surface area contributed by atoms with Crippen molar-refractivity contribution in [1.82, 2.24) is 55.9 Å². The second kappa shape index (κ2) is 40.1. The Kier molecular flexibility index (Phi) is 27.8. The number of benzene rings is 8. The molecule has 1 aliphatic carbocycles. The molecule has 8 aliphatic rings. The Morgan fingerprint density at radius 3 is 1.21 bits per heavy atom. The summed E-state index contributed by atoms with van der Waals surface area (Å²) < 4.78 is 43.0. The van der Waals surface area contributed by atoms with Crippen molar-refractivity contribution in [3.63, 3.8) is 0 Å². The summed E-state index contributed by atoms with van der Waals surface area (Å²) in [5.74, 6) is -1.45. The quantitative estimate of drug-likeness (QED) is 0.0310. The number of allylic oxidation sites excluding steroid dienone is 2. The number of aromatic amines is 2. The number of carboxylic acids is 1. The molecule has 131 heavy (non-hydrogen) atoms.